The van der Waals surface area contributed by atoms with E-state index in [1.807, 2.05) is 60.1 Å². The van der Waals surface area contributed by atoms with E-state index in [4.69, 9.17) is 10.1 Å². The lowest BCUT2D eigenvalue weighted by molar-refractivity contribution is -0.135. The predicted molar refractivity (Wildman–Crippen MR) is 106 cm³/mol. The number of carbonyl (C=O) groups excluding carboxylic acids is 1. The second-order valence-corrected chi connectivity index (χ2v) is 7.75. The molecule has 0 saturated carbocycles. The summed E-state index contributed by atoms with van der Waals surface area (Å²) < 4.78 is 3.73. The summed E-state index contributed by atoms with van der Waals surface area (Å²) in [6.45, 7) is 7.52. The van der Waals surface area contributed by atoms with Crippen LogP contribution in [0.15, 0.2) is 36.5 Å². The second-order valence-electron chi connectivity index (χ2n) is 7.75. The third-order valence-electron chi connectivity index (χ3n) is 5.29. The van der Waals surface area contributed by atoms with E-state index >= 15 is 0 Å². The molecule has 3 aromatic rings. The molecule has 1 atom stereocenters. The SMILES string of the molecule is Cc1nn(C)cc1CC(=O)N1CCn2nc(-c3ccccc3)nc2[C@@H]1C(C)C. The molecule has 0 radical (unpaired) electrons. The van der Waals surface area contributed by atoms with Crippen LogP contribution in [0.25, 0.3) is 11.4 Å². The molecular weight excluding hydrogens is 352 g/mol. The van der Waals surface area contributed by atoms with Gasteiger partial charge in [-0.15, -0.1) is 0 Å². The van der Waals surface area contributed by atoms with Crippen LogP contribution in [-0.2, 0) is 24.8 Å². The number of hydrogen-bond acceptors (Lipinski definition) is 4. The lowest BCUT2D eigenvalue weighted by Gasteiger charge is -2.37. The van der Waals surface area contributed by atoms with Gasteiger partial charge in [0.25, 0.3) is 0 Å². The zero-order valence-corrected chi connectivity index (χ0v) is 16.8. The van der Waals surface area contributed by atoms with E-state index in [9.17, 15) is 4.79 Å². The summed E-state index contributed by atoms with van der Waals surface area (Å²) in [4.78, 5) is 20.0. The molecule has 2 aromatic heterocycles. The van der Waals surface area contributed by atoms with Gasteiger partial charge < -0.3 is 4.90 Å². The van der Waals surface area contributed by atoms with Crippen LogP contribution in [0.5, 0.6) is 0 Å². The van der Waals surface area contributed by atoms with Crippen molar-refractivity contribution in [3.63, 3.8) is 0 Å². The fourth-order valence-corrected chi connectivity index (χ4v) is 3.95. The van der Waals surface area contributed by atoms with Crippen molar-refractivity contribution < 1.29 is 4.79 Å². The molecule has 1 aromatic carbocycles. The van der Waals surface area contributed by atoms with Gasteiger partial charge in [-0.25, -0.2) is 9.67 Å². The van der Waals surface area contributed by atoms with Crippen molar-refractivity contribution in [2.75, 3.05) is 6.54 Å². The monoisotopic (exact) mass is 378 g/mol. The first-order valence-electron chi connectivity index (χ1n) is 9.73. The summed E-state index contributed by atoms with van der Waals surface area (Å²) in [5.74, 6) is 1.95. The standard InChI is InChI=1S/C21H26N6O/c1-14(2)19-21-22-20(16-8-6-5-7-9-16)24-27(21)11-10-26(19)18(28)12-17-13-25(4)23-15(17)3/h5-9,13-14,19H,10-12H2,1-4H3/t19-/m0/s1. The fourth-order valence-electron chi connectivity index (χ4n) is 3.95. The van der Waals surface area contributed by atoms with Crippen molar-refractivity contribution in [1.29, 1.82) is 0 Å². The molecule has 1 amide bonds. The predicted octanol–water partition coefficient (Wildman–Crippen LogP) is 2.77. The Kier molecular flexibility index (Phi) is 4.75. The molecule has 0 fully saturated rings. The molecule has 0 aliphatic carbocycles. The number of benzene rings is 1. The van der Waals surface area contributed by atoms with Crippen molar-refractivity contribution >= 4 is 5.91 Å². The molecule has 146 valence electrons. The van der Waals surface area contributed by atoms with E-state index < -0.39 is 0 Å². The molecule has 0 saturated heterocycles. The van der Waals surface area contributed by atoms with Gasteiger partial charge in [-0.05, 0) is 12.8 Å². The topological polar surface area (TPSA) is 68.8 Å². The average Bonchev–Trinajstić information content (AvgIpc) is 3.24. The zero-order chi connectivity index (χ0) is 19.8. The van der Waals surface area contributed by atoms with Gasteiger partial charge in [0, 0.05) is 30.9 Å². The minimum Gasteiger partial charge on any atom is -0.330 e. The van der Waals surface area contributed by atoms with Crippen LogP contribution in [0.1, 0.15) is 37.0 Å². The Morgan fingerprint density at radius 1 is 1.18 bits per heavy atom. The Bertz CT molecular complexity index is 988. The molecule has 1 aliphatic rings. The van der Waals surface area contributed by atoms with Crippen LogP contribution in [0.3, 0.4) is 0 Å². The minimum atomic E-state index is -0.0804. The maximum absolute atomic E-state index is 13.2. The minimum absolute atomic E-state index is 0.0804. The molecule has 0 bridgehead atoms. The smallest absolute Gasteiger partial charge is 0.227 e. The molecule has 4 rings (SSSR count). The number of rotatable bonds is 4. The molecule has 0 unspecified atom stereocenters. The van der Waals surface area contributed by atoms with E-state index in [-0.39, 0.29) is 17.9 Å². The van der Waals surface area contributed by atoms with Crippen molar-refractivity contribution in [2.24, 2.45) is 13.0 Å². The van der Waals surface area contributed by atoms with Gasteiger partial charge in [-0.3, -0.25) is 9.48 Å². The van der Waals surface area contributed by atoms with Crippen LogP contribution >= 0.6 is 0 Å². The summed E-state index contributed by atoms with van der Waals surface area (Å²) in [7, 11) is 1.88. The van der Waals surface area contributed by atoms with Gasteiger partial charge in [0.05, 0.1) is 24.7 Å². The van der Waals surface area contributed by atoms with E-state index in [0.29, 0.717) is 19.5 Å². The maximum Gasteiger partial charge on any atom is 0.227 e. The Labute approximate surface area is 165 Å². The van der Waals surface area contributed by atoms with E-state index in [0.717, 1.165) is 28.5 Å². The molecule has 1 aliphatic heterocycles. The molecular formula is C21H26N6O. The highest BCUT2D eigenvalue weighted by atomic mass is 16.2. The van der Waals surface area contributed by atoms with Gasteiger partial charge in [0.2, 0.25) is 5.91 Å². The number of aromatic nitrogens is 5. The van der Waals surface area contributed by atoms with Crippen LogP contribution in [0.4, 0.5) is 0 Å². The second kappa shape index (κ2) is 7.22. The third-order valence-corrected chi connectivity index (χ3v) is 5.29. The highest BCUT2D eigenvalue weighted by Gasteiger charge is 2.36. The first kappa shape index (κ1) is 18.4. The summed E-state index contributed by atoms with van der Waals surface area (Å²) in [6, 6.07) is 9.91. The molecule has 28 heavy (non-hydrogen) atoms. The Morgan fingerprint density at radius 3 is 2.57 bits per heavy atom. The molecule has 7 nitrogen and oxygen atoms in total. The quantitative estimate of drug-likeness (QED) is 0.700. The van der Waals surface area contributed by atoms with Crippen LogP contribution < -0.4 is 0 Å². The summed E-state index contributed by atoms with van der Waals surface area (Å²) >= 11 is 0. The number of nitrogens with zero attached hydrogens (tertiary/aromatic N) is 6. The Morgan fingerprint density at radius 2 is 1.93 bits per heavy atom. The first-order chi connectivity index (χ1) is 13.4. The fraction of sp³-hybridized carbons (Fsp3) is 0.429. The van der Waals surface area contributed by atoms with Gasteiger partial charge in [-0.1, -0.05) is 44.2 Å². The summed E-state index contributed by atoms with van der Waals surface area (Å²) in [6.07, 6.45) is 2.29. The largest absolute Gasteiger partial charge is 0.330 e. The van der Waals surface area contributed by atoms with Crippen molar-refractivity contribution in [1.82, 2.24) is 29.4 Å². The summed E-state index contributed by atoms with van der Waals surface area (Å²) in [5.41, 5.74) is 2.88. The maximum atomic E-state index is 13.2. The molecule has 7 heteroatoms. The van der Waals surface area contributed by atoms with Crippen molar-refractivity contribution in [3.8, 4) is 11.4 Å². The molecule has 3 heterocycles. The number of amides is 1. The van der Waals surface area contributed by atoms with Crippen LogP contribution in [-0.4, -0.2) is 41.9 Å². The number of carbonyl (C=O) groups is 1. The summed E-state index contributed by atoms with van der Waals surface area (Å²) in [5, 5.41) is 9.06. The Balaban J connectivity index is 1.63. The normalized spacial score (nSPS) is 16.5. The Hall–Kier alpha value is -2.96. The third kappa shape index (κ3) is 3.32. The van der Waals surface area contributed by atoms with E-state index in [2.05, 4.69) is 18.9 Å². The highest BCUT2D eigenvalue weighted by molar-refractivity contribution is 5.79. The first-order valence-corrected chi connectivity index (χ1v) is 9.73. The lowest BCUT2D eigenvalue weighted by atomic mass is 9.99. The van der Waals surface area contributed by atoms with E-state index in [1.54, 1.807) is 4.68 Å². The van der Waals surface area contributed by atoms with Crippen LogP contribution in [0, 0.1) is 12.8 Å². The number of fused-ring (bicyclic) bond motifs is 1. The van der Waals surface area contributed by atoms with Gasteiger partial charge in [-0.2, -0.15) is 10.2 Å². The lowest BCUT2D eigenvalue weighted by Crippen LogP contribution is -2.45. The van der Waals surface area contributed by atoms with Crippen molar-refractivity contribution in [3.05, 3.63) is 53.6 Å². The average molecular weight is 378 g/mol. The van der Waals surface area contributed by atoms with Crippen molar-refractivity contribution in [2.45, 2.75) is 39.8 Å². The number of aryl methyl sites for hydroxylation is 2. The van der Waals surface area contributed by atoms with Crippen LogP contribution in [0.2, 0.25) is 0 Å². The highest BCUT2D eigenvalue weighted by Crippen LogP contribution is 2.32. The number of hydrogen-bond donors (Lipinski definition) is 0. The zero-order valence-electron chi connectivity index (χ0n) is 16.8. The molecule has 0 spiro atoms. The van der Waals surface area contributed by atoms with Gasteiger partial charge >= 0.3 is 0 Å². The van der Waals surface area contributed by atoms with Gasteiger partial charge in [0.15, 0.2) is 11.6 Å². The van der Waals surface area contributed by atoms with Gasteiger partial charge in [0.1, 0.15) is 0 Å². The molecule has 0 N–H and O–H groups in total. The van der Waals surface area contributed by atoms with E-state index in [1.165, 1.54) is 0 Å².